The van der Waals surface area contributed by atoms with Crippen LogP contribution >= 0.6 is 0 Å². The molecular weight excluding hydrogens is 274 g/mol. The van der Waals surface area contributed by atoms with Crippen LogP contribution in [0, 0.1) is 0 Å². The maximum atomic E-state index is 12.2. The molecule has 8 nitrogen and oxygen atoms in total. The van der Waals surface area contributed by atoms with E-state index in [-0.39, 0.29) is 23.9 Å². The zero-order valence-corrected chi connectivity index (χ0v) is 12.8. The molecule has 1 aromatic heterocycles. The van der Waals surface area contributed by atoms with Gasteiger partial charge in [-0.15, -0.1) is 10.2 Å². The Labute approximate surface area is 123 Å². The molecule has 1 aromatic rings. The van der Waals surface area contributed by atoms with Crippen LogP contribution in [0.1, 0.15) is 45.4 Å². The summed E-state index contributed by atoms with van der Waals surface area (Å²) >= 11 is 0. The number of hydrogen-bond acceptors (Lipinski definition) is 6. The summed E-state index contributed by atoms with van der Waals surface area (Å²) < 4.78 is 5.23. The predicted molar refractivity (Wildman–Crippen MR) is 73.2 cm³/mol. The van der Waals surface area contributed by atoms with Crippen LogP contribution in [-0.4, -0.2) is 55.7 Å². The number of tetrazole rings is 1. The molecule has 1 fully saturated rings. The number of rotatable bonds is 5. The SMILES string of the molecule is CCC(C(=O)OC(C)C)N1CC(c2nnn(C)n2)CC1=O. The van der Waals surface area contributed by atoms with E-state index in [1.165, 1.54) is 4.80 Å². The summed E-state index contributed by atoms with van der Waals surface area (Å²) in [7, 11) is 1.68. The van der Waals surface area contributed by atoms with Crippen LogP contribution in [0.5, 0.6) is 0 Å². The topological polar surface area (TPSA) is 90.2 Å². The van der Waals surface area contributed by atoms with Crippen molar-refractivity contribution < 1.29 is 14.3 Å². The first-order chi connectivity index (χ1) is 9.92. The number of carbonyl (C=O) groups excluding carboxylic acids is 2. The summed E-state index contributed by atoms with van der Waals surface area (Å²) in [6, 6.07) is -0.540. The molecule has 2 atom stereocenters. The molecule has 2 heterocycles. The molecule has 0 aromatic carbocycles. The van der Waals surface area contributed by atoms with Gasteiger partial charge in [0.05, 0.1) is 13.2 Å². The highest BCUT2D eigenvalue weighted by Crippen LogP contribution is 2.28. The monoisotopic (exact) mass is 295 g/mol. The quantitative estimate of drug-likeness (QED) is 0.724. The fraction of sp³-hybridized carbons (Fsp3) is 0.769. The Morgan fingerprint density at radius 3 is 2.71 bits per heavy atom. The van der Waals surface area contributed by atoms with Gasteiger partial charge in [-0.1, -0.05) is 6.92 Å². The van der Waals surface area contributed by atoms with E-state index in [1.807, 2.05) is 6.92 Å². The molecule has 1 saturated heterocycles. The Balaban J connectivity index is 2.09. The minimum Gasteiger partial charge on any atom is -0.461 e. The third kappa shape index (κ3) is 3.37. The summed E-state index contributed by atoms with van der Waals surface area (Å²) in [6.07, 6.45) is 0.636. The number of nitrogens with zero attached hydrogens (tertiary/aromatic N) is 5. The number of ether oxygens (including phenoxy) is 1. The van der Waals surface area contributed by atoms with E-state index in [0.717, 1.165) is 0 Å². The van der Waals surface area contributed by atoms with E-state index in [9.17, 15) is 9.59 Å². The van der Waals surface area contributed by atoms with Gasteiger partial charge in [-0.25, -0.2) is 4.79 Å². The zero-order chi connectivity index (χ0) is 15.6. The summed E-state index contributed by atoms with van der Waals surface area (Å²) in [4.78, 5) is 27.2. The van der Waals surface area contributed by atoms with E-state index in [2.05, 4.69) is 15.4 Å². The minimum absolute atomic E-state index is 0.0694. The molecule has 0 radical (unpaired) electrons. The fourth-order valence-corrected chi connectivity index (χ4v) is 2.49. The van der Waals surface area contributed by atoms with Crippen LogP contribution in [0.15, 0.2) is 0 Å². The van der Waals surface area contributed by atoms with Crippen LogP contribution in [-0.2, 0) is 21.4 Å². The molecular formula is C13H21N5O3. The third-order valence-corrected chi connectivity index (χ3v) is 3.43. The van der Waals surface area contributed by atoms with Gasteiger partial charge in [0, 0.05) is 18.9 Å². The molecule has 8 heteroatoms. The van der Waals surface area contributed by atoms with Crippen LogP contribution < -0.4 is 0 Å². The second kappa shape index (κ2) is 6.19. The van der Waals surface area contributed by atoms with Crippen molar-refractivity contribution in [1.82, 2.24) is 25.1 Å². The number of amides is 1. The maximum absolute atomic E-state index is 12.2. The number of likely N-dealkylation sites (tertiary alicyclic amines) is 1. The normalized spacial score (nSPS) is 20.1. The molecule has 2 unspecified atom stereocenters. The lowest BCUT2D eigenvalue weighted by Crippen LogP contribution is -2.43. The first-order valence-corrected chi connectivity index (χ1v) is 7.16. The number of aryl methyl sites for hydroxylation is 1. The summed E-state index contributed by atoms with van der Waals surface area (Å²) in [6.45, 7) is 5.88. The van der Waals surface area contributed by atoms with Gasteiger partial charge in [0.2, 0.25) is 5.91 Å². The van der Waals surface area contributed by atoms with Crippen molar-refractivity contribution in [2.24, 2.45) is 7.05 Å². The lowest BCUT2D eigenvalue weighted by molar-refractivity contribution is -0.157. The highest BCUT2D eigenvalue weighted by atomic mass is 16.5. The van der Waals surface area contributed by atoms with Crippen molar-refractivity contribution >= 4 is 11.9 Å². The lowest BCUT2D eigenvalue weighted by atomic mass is 10.1. The van der Waals surface area contributed by atoms with E-state index in [1.54, 1.807) is 25.8 Å². The van der Waals surface area contributed by atoms with Crippen molar-refractivity contribution in [1.29, 1.82) is 0 Å². The van der Waals surface area contributed by atoms with Gasteiger partial charge in [0.25, 0.3) is 0 Å². The van der Waals surface area contributed by atoms with E-state index >= 15 is 0 Å². The van der Waals surface area contributed by atoms with Crippen molar-refractivity contribution in [3.63, 3.8) is 0 Å². The number of esters is 1. The van der Waals surface area contributed by atoms with E-state index in [0.29, 0.717) is 25.2 Å². The molecule has 116 valence electrons. The summed E-state index contributed by atoms with van der Waals surface area (Å²) in [5.41, 5.74) is 0. The molecule has 0 spiro atoms. The van der Waals surface area contributed by atoms with Crippen LogP contribution in [0.3, 0.4) is 0 Å². The molecule has 1 aliphatic heterocycles. The molecule has 21 heavy (non-hydrogen) atoms. The fourth-order valence-electron chi connectivity index (χ4n) is 2.49. The summed E-state index contributed by atoms with van der Waals surface area (Å²) in [5, 5.41) is 11.9. The van der Waals surface area contributed by atoms with Gasteiger partial charge in [0.15, 0.2) is 5.82 Å². The highest BCUT2D eigenvalue weighted by Gasteiger charge is 2.39. The Bertz CT molecular complexity index is 528. The average Bonchev–Trinajstić information content (AvgIpc) is 2.97. The number of carbonyl (C=O) groups is 2. The molecule has 0 N–H and O–H groups in total. The van der Waals surface area contributed by atoms with E-state index in [4.69, 9.17) is 4.74 Å². The van der Waals surface area contributed by atoms with Gasteiger partial charge >= 0.3 is 5.97 Å². The molecule has 0 aliphatic carbocycles. The smallest absolute Gasteiger partial charge is 0.329 e. The van der Waals surface area contributed by atoms with E-state index < -0.39 is 6.04 Å². The lowest BCUT2D eigenvalue weighted by Gasteiger charge is -2.26. The Morgan fingerprint density at radius 1 is 1.48 bits per heavy atom. The molecule has 0 bridgehead atoms. The average molecular weight is 295 g/mol. The van der Waals surface area contributed by atoms with Crippen molar-refractivity contribution in [2.75, 3.05) is 6.54 Å². The second-order valence-electron chi connectivity index (χ2n) is 5.49. The van der Waals surface area contributed by atoms with Crippen LogP contribution in [0.2, 0.25) is 0 Å². The molecule has 1 amide bonds. The Hall–Kier alpha value is -1.99. The largest absolute Gasteiger partial charge is 0.461 e. The molecule has 2 rings (SSSR count). The van der Waals surface area contributed by atoms with Crippen molar-refractivity contribution in [2.45, 2.75) is 51.7 Å². The van der Waals surface area contributed by atoms with Crippen molar-refractivity contribution in [3.8, 4) is 0 Å². The number of aromatic nitrogens is 4. The maximum Gasteiger partial charge on any atom is 0.329 e. The Morgan fingerprint density at radius 2 is 2.19 bits per heavy atom. The van der Waals surface area contributed by atoms with Gasteiger partial charge in [0.1, 0.15) is 6.04 Å². The predicted octanol–water partition coefficient (Wildman–Crippen LogP) is 0.256. The standard InChI is InChI=1S/C13H21N5O3/c1-5-10(13(20)21-8(2)3)18-7-9(6-11(18)19)12-14-16-17(4)15-12/h8-10H,5-7H2,1-4H3. The minimum atomic E-state index is -0.540. The number of hydrogen-bond donors (Lipinski definition) is 0. The van der Waals surface area contributed by atoms with Gasteiger partial charge in [-0.05, 0) is 25.5 Å². The van der Waals surface area contributed by atoms with Gasteiger partial charge < -0.3 is 9.64 Å². The first kappa shape index (κ1) is 15.4. The van der Waals surface area contributed by atoms with Gasteiger partial charge in [-0.2, -0.15) is 4.80 Å². The Kier molecular flexibility index (Phi) is 4.54. The van der Waals surface area contributed by atoms with Crippen molar-refractivity contribution in [3.05, 3.63) is 5.82 Å². The molecule has 1 aliphatic rings. The van der Waals surface area contributed by atoms with Crippen LogP contribution in [0.4, 0.5) is 0 Å². The zero-order valence-electron chi connectivity index (χ0n) is 12.8. The highest BCUT2D eigenvalue weighted by molar-refractivity contribution is 5.86. The molecule has 0 saturated carbocycles. The summed E-state index contributed by atoms with van der Waals surface area (Å²) in [5.74, 6) is 0.00106. The first-order valence-electron chi connectivity index (χ1n) is 7.16. The second-order valence-corrected chi connectivity index (χ2v) is 5.49. The van der Waals surface area contributed by atoms with Crippen LogP contribution in [0.25, 0.3) is 0 Å². The third-order valence-electron chi connectivity index (χ3n) is 3.43. The van der Waals surface area contributed by atoms with Gasteiger partial charge in [-0.3, -0.25) is 4.79 Å².